The molecule has 0 aliphatic heterocycles. The van der Waals surface area contributed by atoms with Crippen LogP contribution in [0.25, 0.3) is 21.9 Å². The van der Waals surface area contributed by atoms with E-state index in [0.717, 1.165) is 32.4 Å². The molecule has 0 saturated heterocycles. The number of aliphatic hydroxyl groups excluding tert-OH is 1. The second kappa shape index (κ2) is 12.1. The number of nitrogens with one attached hydrogen (secondary N) is 2. The van der Waals surface area contributed by atoms with Crippen LogP contribution in [0, 0.1) is 5.92 Å². The first kappa shape index (κ1) is 26.7. The quantitative estimate of drug-likeness (QED) is 0.217. The molecule has 3 rings (SSSR count). The number of hydrogen-bond acceptors (Lipinski definition) is 5. The molecule has 0 bridgehead atoms. The van der Waals surface area contributed by atoms with Crippen LogP contribution in [-0.4, -0.2) is 63.5 Å². The number of carboxylic acid groups (broad SMARTS) is 1. The number of rotatable bonds is 10. The fourth-order valence-electron chi connectivity index (χ4n) is 3.93. The summed E-state index contributed by atoms with van der Waals surface area (Å²) in [5.74, 6) is -2.27. The Hall–Kier alpha value is -3.95. The third-order valence-corrected chi connectivity index (χ3v) is 5.75. The smallest absolute Gasteiger partial charge is 0.326 e. The van der Waals surface area contributed by atoms with E-state index in [2.05, 4.69) is 17.4 Å². The molecule has 0 aliphatic carbocycles. The minimum Gasteiger partial charge on any atom is -0.480 e. The van der Waals surface area contributed by atoms with Crippen LogP contribution in [0.5, 0.6) is 0 Å². The Balaban J connectivity index is 1.71. The van der Waals surface area contributed by atoms with Crippen LogP contribution in [0.3, 0.4) is 0 Å². The largest absolute Gasteiger partial charge is 0.480 e. The van der Waals surface area contributed by atoms with Gasteiger partial charge in [0.15, 0.2) is 6.10 Å². The molecule has 190 valence electrons. The molecule has 3 aromatic rings. The van der Waals surface area contributed by atoms with Crippen LogP contribution in [0.1, 0.15) is 19.4 Å². The molecule has 0 aromatic heterocycles. The number of hydroxylamine groups is 1. The van der Waals surface area contributed by atoms with Crippen LogP contribution >= 0.6 is 0 Å². The Kier molecular flexibility index (Phi) is 8.99. The first-order chi connectivity index (χ1) is 17.2. The van der Waals surface area contributed by atoms with Gasteiger partial charge in [0.05, 0.1) is 6.54 Å². The van der Waals surface area contributed by atoms with Crippen LogP contribution < -0.4 is 10.8 Å². The number of fused-ring (bicyclic) bond motifs is 1. The summed E-state index contributed by atoms with van der Waals surface area (Å²) in [6, 6.07) is 19.8. The van der Waals surface area contributed by atoms with Gasteiger partial charge in [-0.15, -0.1) is 0 Å². The number of carbonyl (C=O) groups excluding carboxylic acids is 2. The summed E-state index contributed by atoms with van der Waals surface area (Å²) in [7, 11) is 0. The van der Waals surface area contributed by atoms with E-state index in [4.69, 9.17) is 5.21 Å². The van der Waals surface area contributed by atoms with Gasteiger partial charge in [-0.25, -0.2) is 15.1 Å². The van der Waals surface area contributed by atoms with E-state index < -0.39 is 36.6 Å². The van der Waals surface area contributed by atoms with Gasteiger partial charge in [0.1, 0.15) is 6.04 Å². The molecule has 5 N–H and O–H groups in total. The zero-order valence-electron chi connectivity index (χ0n) is 20.2. The Bertz CT molecular complexity index is 1210. The highest BCUT2D eigenvalue weighted by atomic mass is 16.5. The van der Waals surface area contributed by atoms with Crippen molar-refractivity contribution in [1.29, 1.82) is 0 Å². The number of aliphatic hydroxyl groups is 1. The summed E-state index contributed by atoms with van der Waals surface area (Å²) in [4.78, 5) is 37.3. The highest BCUT2D eigenvalue weighted by Gasteiger charge is 2.27. The van der Waals surface area contributed by atoms with E-state index in [9.17, 15) is 24.6 Å². The molecule has 0 aliphatic rings. The van der Waals surface area contributed by atoms with Crippen molar-refractivity contribution in [2.75, 3.05) is 13.1 Å². The summed E-state index contributed by atoms with van der Waals surface area (Å²) in [6.45, 7) is 3.45. The van der Waals surface area contributed by atoms with Crippen LogP contribution in [0.2, 0.25) is 0 Å². The van der Waals surface area contributed by atoms with Gasteiger partial charge in [-0.2, -0.15) is 0 Å². The second-order valence-corrected chi connectivity index (χ2v) is 9.09. The average Bonchev–Trinajstić information content (AvgIpc) is 2.87. The number of carboxylic acids is 1. The molecule has 1 unspecified atom stereocenters. The number of aliphatic carboxylic acids is 1. The SMILES string of the molecule is CC(C)CN(CC(O)C(=O)NO)C(=O)N[C@@H](Cc1ccc(-c2ccc3ccccc3c2)cc1)C(=O)O. The van der Waals surface area contributed by atoms with Crippen molar-refractivity contribution < 1.29 is 29.8 Å². The highest BCUT2D eigenvalue weighted by Crippen LogP contribution is 2.25. The highest BCUT2D eigenvalue weighted by molar-refractivity contribution is 5.87. The summed E-state index contributed by atoms with van der Waals surface area (Å²) in [5.41, 5.74) is 4.09. The molecule has 0 heterocycles. The summed E-state index contributed by atoms with van der Waals surface area (Å²) in [5, 5.41) is 33.1. The van der Waals surface area contributed by atoms with Gasteiger partial charge in [-0.1, -0.05) is 74.5 Å². The number of urea groups is 1. The maximum Gasteiger partial charge on any atom is 0.326 e. The molecule has 0 spiro atoms. The topological polar surface area (TPSA) is 139 Å². The Labute approximate surface area is 209 Å². The van der Waals surface area contributed by atoms with Gasteiger partial charge in [0.2, 0.25) is 0 Å². The van der Waals surface area contributed by atoms with Gasteiger partial charge in [-0.3, -0.25) is 10.0 Å². The Morgan fingerprint density at radius 2 is 1.53 bits per heavy atom. The zero-order chi connectivity index (χ0) is 26.2. The molecule has 3 aromatic carbocycles. The molecule has 9 heteroatoms. The number of benzene rings is 3. The summed E-state index contributed by atoms with van der Waals surface area (Å²) in [6.07, 6.45) is -1.61. The molecular weight excluding hydrogens is 462 g/mol. The number of hydrogen-bond donors (Lipinski definition) is 5. The van der Waals surface area contributed by atoms with Gasteiger partial charge in [-0.05, 0) is 39.4 Å². The lowest BCUT2D eigenvalue weighted by molar-refractivity contribution is -0.140. The fraction of sp³-hybridized carbons (Fsp3) is 0.296. The van der Waals surface area contributed by atoms with E-state index in [-0.39, 0.29) is 18.9 Å². The average molecular weight is 494 g/mol. The molecule has 0 fully saturated rings. The molecule has 36 heavy (non-hydrogen) atoms. The van der Waals surface area contributed by atoms with Crippen LogP contribution in [-0.2, 0) is 16.0 Å². The van der Waals surface area contributed by atoms with E-state index >= 15 is 0 Å². The lowest BCUT2D eigenvalue weighted by Crippen LogP contribution is -2.53. The second-order valence-electron chi connectivity index (χ2n) is 9.09. The molecule has 0 saturated carbocycles. The van der Waals surface area contributed by atoms with Gasteiger partial charge < -0.3 is 20.4 Å². The molecular formula is C27H31N3O6. The third-order valence-electron chi connectivity index (χ3n) is 5.75. The maximum absolute atomic E-state index is 12.8. The number of nitrogens with zero attached hydrogens (tertiary/aromatic N) is 1. The number of amides is 3. The monoisotopic (exact) mass is 493 g/mol. The van der Waals surface area contributed by atoms with Gasteiger partial charge in [0, 0.05) is 13.0 Å². The Morgan fingerprint density at radius 3 is 2.14 bits per heavy atom. The molecule has 0 radical (unpaired) electrons. The van der Waals surface area contributed by atoms with Crippen LogP contribution in [0.15, 0.2) is 66.7 Å². The standard InChI is InChI=1S/C27H31N3O6/c1-17(2)15-30(16-24(31)25(32)29-36)27(35)28-23(26(33)34)13-18-7-9-20(10-8-18)22-12-11-19-5-3-4-6-21(19)14-22/h3-12,14,17,23-24,31,36H,13,15-16H2,1-2H3,(H,28,35)(H,29,32)(H,33,34)/t23-,24?/m0/s1. The lowest BCUT2D eigenvalue weighted by atomic mass is 9.98. The first-order valence-corrected chi connectivity index (χ1v) is 11.7. The normalized spacial score (nSPS) is 12.7. The van der Waals surface area contributed by atoms with Crippen molar-refractivity contribution in [2.45, 2.75) is 32.4 Å². The van der Waals surface area contributed by atoms with Crippen molar-refractivity contribution in [3.8, 4) is 11.1 Å². The molecule has 3 amide bonds. The molecule has 2 atom stereocenters. The minimum atomic E-state index is -1.66. The van der Waals surface area contributed by atoms with Crippen molar-refractivity contribution in [2.24, 2.45) is 5.92 Å². The number of carbonyl (C=O) groups is 3. The lowest BCUT2D eigenvalue weighted by Gasteiger charge is -2.28. The van der Waals surface area contributed by atoms with E-state index in [1.807, 2.05) is 68.4 Å². The van der Waals surface area contributed by atoms with Gasteiger partial charge >= 0.3 is 12.0 Å². The zero-order valence-corrected chi connectivity index (χ0v) is 20.2. The van der Waals surface area contributed by atoms with E-state index in [0.29, 0.717) is 0 Å². The summed E-state index contributed by atoms with van der Waals surface area (Å²) < 4.78 is 0. The van der Waals surface area contributed by atoms with Crippen molar-refractivity contribution in [1.82, 2.24) is 15.7 Å². The maximum atomic E-state index is 12.8. The fourth-order valence-corrected chi connectivity index (χ4v) is 3.93. The summed E-state index contributed by atoms with van der Waals surface area (Å²) >= 11 is 0. The molecule has 9 nitrogen and oxygen atoms in total. The van der Waals surface area contributed by atoms with Crippen molar-refractivity contribution >= 4 is 28.7 Å². The van der Waals surface area contributed by atoms with E-state index in [1.54, 1.807) is 0 Å². The predicted octanol–water partition coefficient (Wildman–Crippen LogP) is 3.04. The predicted molar refractivity (Wildman–Crippen MR) is 135 cm³/mol. The Morgan fingerprint density at radius 1 is 0.889 bits per heavy atom. The minimum absolute atomic E-state index is 0.00827. The van der Waals surface area contributed by atoms with Crippen LogP contribution in [0.4, 0.5) is 4.79 Å². The first-order valence-electron chi connectivity index (χ1n) is 11.7. The van der Waals surface area contributed by atoms with Crippen molar-refractivity contribution in [3.05, 3.63) is 72.3 Å². The van der Waals surface area contributed by atoms with Gasteiger partial charge in [0.25, 0.3) is 5.91 Å². The van der Waals surface area contributed by atoms with Crippen molar-refractivity contribution in [3.63, 3.8) is 0 Å². The third kappa shape index (κ3) is 7.03. The van der Waals surface area contributed by atoms with E-state index in [1.165, 1.54) is 5.48 Å².